The third-order valence-electron chi connectivity index (χ3n) is 2.62. The zero-order valence-electron chi connectivity index (χ0n) is 11.1. The van der Waals surface area contributed by atoms with E-state index in [1.807, 2.05) is 13.8 Å². The van der Waals surface area contributed by atoms with E-state index in [0.717, 1.165) is 11.4 Å². The fraction of sp³-hybridized carbons (Fsp3) is 0.583. The molecule has 0 radical (unpaired) electrons. The summed E-state index contributed by atoms with van der Waals surface area (Å²) >= 11 is 1.30. The summed E-state index contributed by atoms with van der Waals surface area (Å²) in [5.74, 6) is -0.721. The Morgan fingerprint density at radius 1 is 1.56 bits per heavy atom. The number of methoxy groups -OCH3 is 1. The number of rotatable bonds is 5. The average molecular weight is 270 g/mol. The van der Waals surface area contributed by atoms with Crippen LogP contribution in [0.15, 0.2) is 6.20 Å². The van der Waals surface area contributed by atoms with Gasteiger partial charge in [-0.25, -0.2) is 9.78 Å². The first-order valence-electron chi connectivity index (χ1n) is 5.76. The lowest BCUT2D eigenvalue weighted by Crippen LogP contribution is -2.52. The Bertz CT molecular complexity index is 444. The smallest absolute Gasteiger partial charge is 0.331 e. The number of aromatic nitrogens is 1. The molecule has 6 heteroatoms. The highest BCUT2D eigenvalue weighted by Crippen LogP contribution is 2.17. The Labute approximate surface area is 111 Å². The first-order chi connectivity index (χ1) is 8.42. The van der Waals surface area contributed by atoms with E-state index in [0.29, 0.717) is 11.3 Å². The van der Waals surface area contributed by atoms with E-state index in [2.05, 4.69) is 10.3 Å². The molecular formula is C12H18N2O3S. The number of hydrogen-bond acceptors (Lipinski definition) is 5. The van der Waals surface area contributed by atoms with Gasteiger partial charge in [0.05, 0.1) is 18.3 Å². The summed E-state index contributed by atoms with van der Waals surface area (Å²) in [4.78, 5) is 28.3. The molecule has 0 fully saturated rings. The molecule has 1 heterocycles. The first-order valence-corrected chi connectivity index (χ1v) is 6.58. The van der Waals surface area contributed by atoms with Crippen LogP contribution >= 0.6 is 11.3 Å². The highest BCUT2D eigenvalue weighted by Gasteiger charge is 2.35. The molecule has 18 heavy (non-hydrogen) atoms. The van der Waals surface area contributed by atoms with Gasteiger partial charge in [0.1, 0.15) is 10.4 Å². The number of hydrogen-bond donors (Lipinski definition) is 1. The molecule has 1 aromatic rings. The number of ether oxygens (including phenoxy) is 1. The van der Waals surface area contributed by atoms with E-state index in [4.69, 9.17) is 4.74 Å². The van der Waals surface area contributed by atoms with Crippen LogP contribution < -0.4 is 5.32 Å². The summed E-state index contributed by atoms with van der Waals surface area (Å²) < 4.78 is 4.74. The monoisotopic (exact) mass is 270 g/mol. The van der Waals surface area contributed by atoms with Crippen LogP contribution in [-0.4, -0.2) is 29.5 Å². The SMILES string of the molecule is CCCC(C)(NC(=O)c1cnc(C)s1)C(=O)OC. The molecule has 0 saturated heterocycles. The second kappa shape index (κ2) is 5.95. The molecule has 0 spiro atoms. The lowest BCUT2D eigenvalue weighted by atomic mass is 9.96. The van der Waals surface area contributed by atoms with Crippen molar-refractivity contribution in [2.24, 2.45) is 0 Å². The van der Waals surface area contributed by atoms with Gasteiger partial charge in [-0.1, -0.05) is 13.3 Å². The number of aryl methyl sites for hydroxylation is 1. The summed E-state index contributed by atoms with van der Waals surface area (Å²) in [7, 11) is 1.32. The predicted octanol–water partition coefficient (Wildman–Crippen LogP) is 1.91. The maximum Gasteiger partial charge on any atom is 0.331 e. The normalized spacial score (nSPS) is 13.8. The maximum atomic E-state index is 12.0. The first kappa shape index (κ1) is 14.6. The van der Waals surface area contributed by atoms with E-state index < -0.39 is 11.5 Å². The molecule has 0 saturated carbocycles. The second-order valence-corrected chi connectivity index (χ2v) is 5.51. The van der Waals surface area contributed by atoms with Crippen LogP contribution in [0.4, 0.5) is 0 Å². The van der Waals surface area contributed by atoms with Crippen molar-refractivity contribution in [2.45, 2.75) is 39.2 Å². The minimum Gasteiger partial charge on any atom is -0.467 e. The molecule has 0 aliphatic rings. The van der Waals surface area contributed by atoms with Gasteiger partial charge in [0.2, 0.25) is 0 Å². The molecule has 0 bridgehead atoms. The Hall–Kier alpha value is -1.43. The maximum absolute atomic E-state index is 12.0. The molecule has 1 N–H and O–H groups in total. The van der Waals surface area contributed by atoms with Crippen molar-refractivity contribution in [1.29, 1.82) is 0 Å². The Kier molecular flexibility index (Phi) is 4.84. The highest BCUT2D eigenvalue weighted by molar-refractivity contribution is 7.13. The molecule has 0 aromatic carbocycles. The summed E-state index contributed by atoms with van der Waals surface area (Å²) in [5, 5.41) is 3.55. The van der Waals surface area contributed by atoms with E-state index >= 15 is 0 Å². The van der Waals surface area contributed by atoms with Gasteiger partial charge < -0.3 is 10.1 Å². The van der Waals surface area contributed by atoms with E-state index in [-0.39, 0.29) is 5.91 Å². The van der Waals surface area contributed by atoms with Crippen LogP contribution in [0.1, 0.15) is 41.4 Å². The molecule has 100 valence electrons. The summed E-state index contributed by atoms with van der Waals surface area (Å²) in [6, 6.07) is 0. The molecular weight excluding hydrogens is 252 g/mol. The minimum absolute atomic E-state index is 0.290. The fourth-order valence-corrected chi connectivity index (χ4v) is 2.39. The molecule has 1 unspecified atom stereocenters. The van der Waals surface area contributed by atoms with Crippen LogP contribution in [0.3, 0.4) is 0 Å². The lowest BCUT2D eigenvalue weighted by Gasteiger charge is -2.27. The van der Waals surface area contributed by atoms with Crippen molar-refractivity contribution >= 4 is 23.2 Å². The molecule has 1 atom stereocenters. The number of nitrogens with zero attached hydrogens (tertiary/aromatic N) is 1. The van der Waals surface area contributed by atoms with Crippen molar-refractivity contribution in [3.63, 3.8) is 0 Å². The van der Waals surface area contributed by atoms with Crippen molar-refractivity contribution < 1.29 is 14.3 Å². The summed E-state index contributed by atoms with van der Waals surface area (Å²) in [5.41, 5.74) is -0.988. The van der Waals surface area contributed by atoms with Gasteiger partial charge >= 0.3 is 5.97 Å². The van der Waals surface area contributed by atoms with Gasteiger partial charge in [-0.15, -0.1) is 11.3 Å². The zero-order chi connectivity index (χ0) is 13.8. The minimum atomic E-state index is -0.988. The van der Waals surface area contributed by atoms with Gasteiger partial charge in [-0.3, -0.25) is 4.79 Å². The van der Waals surface area contributed by atoms with Crippen molar-refractivity contribution in [3.8, 4) is 0 Å². The second-order valence-electron chi connectivity index (χ2n) is 4.27. The average Bonchev–Trinajstić information content (AvgIpc) is 2.75. The number of nitrogens with one attached hydrogen (secondary N) is 1. The quantitative estimate of drug-likeness (QED) is 0.830. The van der Waals surface area contributed by atoms with Crippen LogP contribution in [-0.2, 0) is 9.53 Å². The van der Waals surface area contributed by atoms with E-state index in [9.17, 15) is 9.59 Å². The molecule has 5 nitrogen and oxygen atoms in total. The number of esters is 1. The Balaban J connectivity index is 2.84. The molecule has 1 aromatic heterocycles. The van der Waals surface area contributed by atoms with Crippen molar-refractivity contribution in [3.05, 3.63) is 16.1 Å². The molecule has 0 aliphatic carbocycles. The van der Waals surface area contributed by atoms with Crippen LogP contribution in [0.25, 0.3) is 0 Å². The van der Waals surface area contributed by atoms with E-state index in [1.165, 1.54) is 24.6 Å². The Morgan fingerprint density at radius 3 is 2.67 bits per heavy atom. The van der Waals surface area contributed by atoms with Crippen LogP contribution in [0, 0.1) is 6.92 Å². The largest absolute Gasteiger partial charge is 0.467 e. The van der Waals surface area contributed by atoms with Gasteiger partial charge in [-0.2, -0.15) is 0 Å². The standard InChI is InChI=1S/C12H18N2O3S/c1-5-6-12(3,11(16)17-4)14-10(15)9-7-13-8(2)18-9/h7H,5-6H2,1-4H3,(H,14,15). The third kappa shape index (κ3) is 3.29. The predicted molar refractivity (Wildman–Crippen MR) is 69.6 cm³/mol. The topological polar surface area (TPSA) is 68.3 Å². The number of thiazole rings is 1. The summed E-state index contributed by atoms with van der Waals surface area (Å²) in [6.45, 7) is 5.45. The van der Waals surface area contributed by atoms with E-state index in [1.54, 1.807) is 6.92 Å². The number of amides is 1. The number of carbonyl (C=O) groups is 2. The summed E-state index contributed by atoms with van der Waals surface area (Å²) in [6.07, 6.45) is 2.82. The molecule has 0 aliphatic heterocycles. The van der Waals surface area contributed by atoms with Crippen LogP contribution in [0.2, 0.25) is 0 Å². The molecule has 1 rings (SSSR count). The molecule has 1 amide bonds. The highest BCUT2D eigenvalue weighted by atomic mass is 32.1. The fourth-order valence-electron chi connectivity index (χ4n) is 1.72. The van der Waals surface area contributed by atoms with Gasteiger partial charge in [0.15, 0.2) is 0 Å². The lowest BCUT2D eigenvalue weighted by molar-refractivity contribution is -0.147. The number of carbonyl (C=O) groups excluding carboxylic acids is 2. The third-order valence-corrected chi connectivity index (χ3v) is 3.53. The van der Waals surface area contributed by atoms with Gasteiger partial charge in [0.25, 0.3) is 5.91 Å². The van der Waals surface area contributed by atoms with Crippen molar-refractivity contribution in [1.82, 2.24) is 10.3 Å². The van der Waals surface area contributed by atoms with Crippen molar-refractivity contribution in [2.75, 3.05) is 7.11 Å². The van der Waals surface area contributed by atoms with Crippen LogP contribution in [0.5, 0.6) is 0 Å². The Morgan fingerprint density at radius 2 is 2.22 bits per heavy atom. The van der Waals surface area contributed by atoms with Gasteiger partial charge in [0, 0.05) is 0 Å². The zero-order valence-corrected chi connectivity index (χ0v) is 11.9. The van der Waals surface area contributed by atoms with Gasteiger partial charge in [-0.05, 0) is 20.3 Å².